The molecule has 0 aromatic rings. The molecule has 0 rings (SSSR count). The predicted molar refractivity (Wildman–Crippen MR) is 16.5 cm³/mol. The number of hydrogen-bond acceptors (Lipinski definition) is 6. The Morgan fingerprint density at radius 3 is 1.25 bits per heavy atom. The van der Waals surface area contributed by atoms with Crippen LogP contribution in [0.4, 0.5) is 0 Å². The number of hydrogen-bond donors (Lipinski definition) is 0. The molecule has 0 atom stereocenters. The SMILES string of the molecule is O=C[O-].O=S(=O)([O-])[O-]. The smallest absolute Gasteiger partial charge is 0.0311 e. The van der Waals surface area contributed by atoms with Crippen molar-refractivity contribution in [3.8, 4) is 0 Å². The molecule has 0 N–H and O–H groups in total. The second-order valence-corrected chi connectivity index (χ2v) is 1.32. The Bertz CT molecular complexity index is 123. The minimum absolute atomic E-state index is 0.500. The Kier molecular flexibility index (Phi) is 5.82. The van der Waals surface area contributed by atoms with Crippen molar-refractivity contribution >= 4 is 16.9 Å². The maximum absolute atomic E-state index is 8.52. The summed E-state index contributed by atoms with van der Waals surface area (Å²) < 4.78 is 34.1. The zero-order valence-corrected chi connectivity index (χ0v) is 4.25. The molecular weight excluding hydrogens is 140 g/mol. The average Bonchev–Trinajstić information content (AvgIpc) is 1.27. The summed E-state index contributed by atoms with van der Waals surface area (Å²) in [5.41, 5.74) is 0. The van der Waals surface area contributed by atoms with Gasteiger partial charge in [-0.25, -0.2) is 0 Å². The summed E-state index contributed by atoms with van der Waals surface area (Å²) in [6.45, 7) is -0.500. The first-order valence-electron chi connectivity index (χ1n) is 1.14. The fourth-order valence-corrected chi connectivity index (χ4v) is 0. The lowest BCUT2D eigenvalue weighted by Crippen LogP contribution is -2.01. The predicted octanol–water partition coefficient (Wildman–Crippen LogP) is -2.97. The Morgan fingerprint density at radius 2 is 1.25 bits per heavy atom. The number of carbonyl (C=O) groups excluding carboxylic acids is 1. The molecule has 0 unspecified atom stereocenters. The van der Waals surface area contributed by atoms with Gasteiger partial charge in [0, 0.05) is 16.9 Å². The van der Waals surface area contributed by atoms with Crippen LogP contribution in [0.15, 0.2) is 0 Å². The van der Waals surface area contributed by atoms with E-state index in [4.69, 9.17) is 27.4 Å². The molecule has 0 saturated carbocycles. The van der Waals surface area contributed by atoms with Gasteiger partial charge in [-0.1, -0.05) is 0 Å². The normalized spacial score (nSPS) is 8.75. The number of rotatable bonds is 0. The van der Waals surface area contributed by atoms with Gasteiger partial charge in [0.05, 0.1) is 0 Å². The van der Waals surface area contributed by atoms with E-state index in [1.165, 1.54) is 0 Å². The molecule has 50 valence electrons. The molecule has 0 saturated heterocycles. The van der Waals surface area contributed by atoms with Crippen LogP contribution in [0.25, 0.3) is 0 Å². The lowest BCUT2D eigenvalue weighted by atomic mass is 11.7. The fraction of sp³-hybridized carbons (Fsp3) is 0. The highest BCUT2D eigenvalue weighted by Gasteiger charge is 1.49. The van der Waals surface area contributed by atoms with Crippen LogP contribution in [0, 0.1) is 0 Å². The highest BCUT2D eigenvalue weighted by molar-refractivity contribution is 7.79. The standard InChI is InChI=1S/CH2O2.H2O4S/c2-1-3;1-5(2,3)4/h1H,(H,2,3);(H2,1,2,3,4)/p-3. The van der Waals surface area contributed by atoms with Crippen LogP contribution in [-0.4, -0.2) is 24.0 Å². The summed E-state index contributed by atoms with van der Waals surface area (Å²) in [6, 6.07) is 0. The van der Waals surface area contributed by atoms with E-state index in [1.54, 1.807) is 0 Å². The lowest BCUT2D eigenvalue weighted by molar-refractivity contribution is -0.283. The van der Waals surface area contributed by atoms with Gasteiger partial charge in [-0.15, -0.1) is 0 Å². The van der Waals surface area contributed by atoms with E-state index in [9.17, 15) is 0 Å². The number of carbonyl (C=O) groups is 1. The van der Waals surface area contributed by atoms with Crippen LogP contribution < -0.4 is 5.11 Å². The van der Waals surface area contributed by atoms with E-state index in [-0.39, 0.29) is 0 Å². The molecule has 0 aliphatic carbocycles. The molecule has 0 bridgehead atoms. The van der Waals surface area contributed by atoms with Gasteiger partial charge < -0.3 is 19.0 Å². The van der Waals surface area contributed by atoms with Gasteiger partial charge in [-0.05, 0) is 0 Å². The summed E-state index contributed by atoms with van der Waals surface area (Å²) >= 11 is 0. The molecular formula is CHO6S-3. The molecule has 0 spiro atoms. The highest BCUT2D eigenvalue weighted by Crippen LogP contribution is 1.57. The Hall–Kier alpha value is -0.660. The molecule has 6 nitrogen and oxygen atoms in total. The molecule has 8 heavy (non-hydrogen) atoms. The minimum Gasteiger partial charge on any atom is -0.759 e. The first kappa shape index (κ1) is 10.3. The first-order valence-corrected chi connectivity index (χ1v) is 2.47. The van der Waals surface area contributed by atoms with Crippen molar-refractivity contribution in [2.45, 2.75) is 0 Å². The van der Waals surface area contributed by atoms with E-state index in [2.05, 4.69) is 0 Å². The summed E-state index contributed by atoms with van der Waals surface area (Å²) in [6.07, 6.45) is 0. The minimum atomic E-state index is -5.17. The zero-order chi connectivity index (χ0) is 7.21. The molecule has 0 heterocycles. The first-order chi connectivity index (χ1) is 3.41. The Balaban J connectivity index is 0. The van der Waals surface area contributed by atoms with Gasteiger partial charge in [0.25, 0.3) is 0 Å². The molecule has 0 aliphatic heterocycles. The highest BCUT2D eigenvalue weighted by atomic mass is 32.3. The van der Waals surface area contributed by atoms with Crippen molar-refractivity contribution in [1.29, 1.82) is 0 Å². The van der Waals surface area contributed by atoms with Crippen molar-refractivity contribution in [1.82, 2.24) is 0 Å². The van der Waals surface area contributed by atoms with E-state index in [1.807, 2.05) is 0 Å². The van der Waals surface area contributed by atoms with E-state index >= 15 is 0 Å². The molecule has 0 fully saturated rings. The van der Waals surface area contributed by atoms with Gasteiger partial charge in [0.1, 0.15) is 0 Å². The van der Waals surface area contributed by atoms with Crippen molar-refractivity contribution in [2.75, 3.05) is 0 Å². The van der Waals surface area contributed by atoms with Crippen molar-refractivity contribution in [2.24, 2.45) is 0 Å². The maximum atomic E-state index is 8.52. The van der Waals surface area contributed by atoms with Gasteiger partial charge in [0.15, 0.2) is 0 Å². The van der Waals surface area contributed by atoms with Crippen LogP contribution in [0.1, 0.15) is 0 Å². The Morgan fingerprint density at radius 1 is 1.25 bits per heavy atom. The van der Waals surface area contributed by atoms with Gasteiger partial charge in [0.2, 0.25) is 0 Å². The topological polar surface area (TPSA) is 120 Å². The van der Waals surface area contributed by atoms with Crippen molar-refractivity contribution in [3.63, 3.8) is 0 Å². The molecule has 0 radical (unpaired) electrons. The molecule has 7 heteroatoms. The summed E-state index contributed by atoms with van der Waals surface area (Å²) in [7, 11) is -5.17. The van der Waals surface area contributed by atoms with Gasteiger partial charge >= 0.3 is 0 Å². The van der Waals surface area contributed by atoms with E-state index in [0.29, 0.717) is 0 Å². The molecule has 0 aromatic heterocycles. The second-order valence-electron chi connectivity index (χ2n) is 0.504. The molecule has 0 aromatic carbocycles. The van der Waals surface area contributed by atoms with Crippen LogP contribution in [0.2, 0.25) is 0 Å². The van der Waals surface area contributed by atoms with E-state index < -0.39 is 16.9 Å². The third-order valence-electron chi connectivity index (χ3n) is 0. The third-order valence-corrected chi connectivity index (χ3v) is 0. The zero-order valence-electron chi connectivity index (χ0n) is 3.44. The second kappa shape index (κ2) is 4.50. The third kappa shape index (κ3) is 231. The van der Waals surface area contributed by atoms with Crippen molar-refractivity contribution in [3.05, 3.63) is 0 Å². The molecule has 0 aliphatic rings. The van der Waals surface area contributed by atoms with Crippen molar-refractivity contribution < 1.29 is 27.4 Å². The fourth-order valence-electron chi connectivity index (χ4n) is 0. The molecule has 0 amide bonds. The van der Waals surface area contributed by atoms with Gasteiger partial charge in [-0.2, -0.15) is 0 Å². The maximum Gasteiger partial charge on any atom is 0.0311 e. The lowest BCUT2D eigenvalue weighted by Gasteiger charge is -2.06. The summed E-state index contributed by atoms with van der Waals surface area (Å²) in [4.78, 5) is 8.25. The Labute approximate surface area is 45.3 Å². The van der Waals surface area contributed by atoms with Crippen LogP contribution in [0.3, 0.4) is 0 Å². The number of carboxylic acid groups (broad SMARTS) is 1. The quantitative estimate of drug-likeness (QED) is 0.202. The van der Waals surface area contributed by atoms with Crippen LogP contribution in [0.5, 0.6) is 0 Å². The summed E-state index contributed by atoms with van der Waals surface area (Å²) in [5, 5.41) is 8.25. The van der Waals surface area contributed by atoms with Crippen LogP contribution in [-0.2, 0) is 15.2 Å². The summed E-state index contributed by atoms with van der Waals surface area (Å²) in [5.74, 6) is 0. The van der Waals surface area contributed by atoms with Gasteiger partial charge in [-0.3, -0.25) is 8.42 Å². The largest absolute Gasteiger partial charge is 0.759 e. The van der Waals surface area contributed by atoms with Crippen LogP contribution >= 0.6 is 0 Å². The van der Waals surface area contributed by atoms with E-state index in [0.717, 1.165) is 0 Å². The average molecular weight is 141 g/mol. The monoisotopic (exact) mass is 141 g/mol.